The standard InChI is InChI=1S/C13H17N3O3/c14-7-11(17)13(19)15-4-3-8-1-2-10-9(5-8)6-12(18)16-10/h1-2,5,11,17H,3-4,6-7,14H2,(H,15,19)(H,16,18). The highest BCUT2D eigenvalue weighted by Gasteiger charge is 2.17. The molecule has 0 saturated heterocycles. The number of amides is 2. The molecule has 0 radical (unpaired) electrons. The zero-order valence-electron chi connectivity index (χ0n) is 10.5. The number of anilines is 1. The molecule has 1 atom stereocenters. The third-order valence-corrected chi connectivity index (χ3v) is 3.03. The Hall–Kier alpha value is -1.92. The van der Waals surface area contributed by atoms with Crippen LogP contribution in [0.5, 0.6) is 0 Å². The maximum absolute atomic E-state index is 11.3. The molecule has 1 heterocycles. The number of nitrogens with one attached hydrogen (secondary N) is 2. The highest BCUT2D eigenvalue weighted by Crippen LogP contribution is 2.23. The van der Waals surface area contributed by atoms with Gasteiger partial charge >= 0.3 is 0 Å². The van der Waals surface area contributed by atoms with Crippen LogP contribution in [-0.2, 0) is 22.4 Å². The second kappa shape index (κ2) is 5.81. The number of aliphatic hydroxyl groups excluding tert-OH is 1. The first-order valence-corrected chi connectivity index (χ1v) is 6.17. The van der Waals surface area contributed by atoms with Gasteiger partial charge in [-0.3, -0.25) is 9.59 Å². The lowest BCUT2D eigenvalue weighted by Gasteiger charge is -2.09. The van der Waals surface area contributed by atoms with Gasteiger partial charge in [0, 0.05) is 18.8 Å². The lowest BCUT2D eigenvalue weighted by atomic mass is 10.1. The Morgan fingerprint density at radius 1 is 1.53 bits per heavy atom. The molecule has 0 spiro atoms. The van der Waals surface area contributed by atoms with E-state index in [4.69, 9.17) is 5.73 Å². The average molecular weight is 263 g/mol. The maximum Gasteiger partial charge on any atom is 0.250 e. The van der Waals surface area contributed by atoms with Crippen molar-refractivity contribution in [3.05, 3.63) is 29.3 Å². The van der Waals surface area contributed by atoms with Crippen LogP contribution in [0.4, 0.5) is 5.69 Å². The van der Waals surface area contributed by atoms with E-state index < -0.39 is 12.0 Å². The molecule has 1 unspecified atom stereocenters. The summed E-state index contributed by atoms with van der Waals surface area (Å²) in [6.07, 6.45) is -0.104. The SMILES string of the molecule is NCC(O)C(=O)NCCc1ccc2c(c1)CC(=O)N2. The molecule has 1 aliphatic rings. The van der Waals surface area contributed by atoms with Crippen LogP contribution >= 0.6 is 0 Å². The minimum absolute atomic E-state index is 0.00604. The quantitative estimate of drug-likeness (QED) is 0.556. The van der Waals surface area contributed by atoms with Crippen LogP contribution in [-0.4, -0.2) is 36.1 Å². The molecule has 1 aromatic rings. The third kappa shape index (κ3) is 3.30. The van der Waals surface area contributed by atoms with E-state index in [9.17, 15) is 14.7 Å². The van der Waals surface area contributed by atoms with Crippen LogP contribution in [0, 0.1) is 0 Å². The molecule has 0 aromatic heterocycles. The van der Waals surface area contributed by atoms with E-state index in [-0.39, 0.29) is 12.5 Å². The van der Waals surface area contributed by atoms with E-state index in [1.54, 1.807) is 0 Å². The molecule has 0 fully saturated rings. The highest BCUT2D eigenvalue weighted by atomic mass is 16.3. The first kappa shape index (κ1) is 13.5. The van der Waals surface area contributed by atoms with Gasteiger partial charge in [-0.05, 0) is 23.6 Å². The molecule has 2 rings (SSSR count). The Morgan fingerprint density at radius 2 is 2.32 bits per heavy atom. The monoisotopic (exact) mass is 263 g/mol. The van der Waals surface area contributed by atoms with Gasteiger partial charge in [0.2, 0.25) is 11.8 Å². The summed E-state index contributed by atoms with van der Waals surface area (Å²) in [5.41, 5.74) is 8.06. The number of rotatable bonds is 5. The van der Waals surface area contributed by atoms with Gasteiger partial charge in [-0.25, -0.2) is 0 Å². The zero-order chi connectivity index (χ0) is 13.8. The fraction of sp³-hybridized carbons (Fsp3) is 0.385. The van der Waals surface area contributed by atoms with E-state index in [2.05, 4.69) is 10.6 Å². The minimum atomic E-state index is -1.15. The topological polar surface area (TPSA) is 104 Å². The van der Waals surface area contributed by atoms with Crippen LogP contribution in [0.2, 0.25) is 0 Å². The number of hydrogen-bond acceptors (Lipinski definition) is 4. The van der Waals surface area contributed by atoms with E-state index in [1.807, 2.05) is 18.2 Å². The Morgan fingerprint density at radius 3 is 3.05 bits per heavy atom. The van der Waals surface area contributed by atoms with Gasteiger partial charge in [0.1, 0.15) is 6.10 Å². The van der Waals surface area contributed by atoms with Crippen molar-refractivity contribution < 1.29 is 14.7 Å². The number of nitrogens with two attached hydrogens (primary N) is 1. The number of aliphatic hydroxyl groups is 1. The molecule has 0 aliphatic carbocycles. The molecule has 1 aromatic carbocycles. The van der Waals surface area contributed by atoms with Gasteiger partial charge in [0.05, 0.1) is 6.42 Å². The second-order valence-electron chi connectivity index (χ2n) is 4.51. The Bertz CT molecular complexity index is 502. The molecule has 2 amide bonds. The van der Waals surface area contributed by atoms with Gasteiger partial charge in [0.25, 0.3) is 0 Å². The van der Waals surface area contributed by atoms with Crippen molar-refractivity contribution in [3.8, 4) is 0 Å². The smallest absolute Gasteiger partial charge is 0.250 e. The van der Waals surface area contributed by atoms with Crippen molar-refractivity contribution in [1.82, 2.24) is 5.32 Å². The van der Waals surface area contributed by atoms with Crippen LogP contribution < -0.4 is 16.4 Å². The van der Waals surface area contributed by atoms with Crippen molar-refractivity contribution in [2.75, 3.05) is 18.4 Å². The largest absolute Gasteiger partial charge is 0.382 e. The van der Waals surface area contributed by atoms with Gasteiger partial charge < -0.3 is 21.5 Å². The van der Waals surface area contributed by atoms with Crippen molar-refractivity contribution in [3.63, 3.8) is 0 Å². The van der Waals surface area contributed by atoms with Crippen LogP contribution in [0.1, 0.15) is 11.1 Å². The highest BCUT2D eigenvalue weighted by molar-refractivity contribution is 5.99. The van der Waals surface area contributed by atoms with E-state index >= 15 is 0 Å². The fourth-order valence-electron chi connectivity index (χ4n) is 1.99. The summed E-state index contributed by atoms with van der Waals surface area (Å²) in [7, 11) is 0. The number of carbonyl (C=O) groups is 2. The van der Waals surface area contributed by atoms with Crippen molar-refractivity contribution in [2.45, 2.75) is 18.9 Å². The second-order valence-corrected chi connectivity index (χ2v) is 4.51. The molecule has 0 saturated carbocycles. The summed E-state index contributed by atoms with van der Waals surface area (Å²) in [6.45, 7) is 0.342. The van der Waals surface area contributed by atoms with Crippen molar-refractivity contribution in [2.24, 2.45) is 5.73 Å². The third-order valence-electron chi connectivity index (χ3n) is 3.03. The molecule has 6 nitrogen and oxygen atoms in total. The van der Waals surface area contributed by atoms with Crippen LogP contribution in [0.3, 0.4) is 0 Å². The van der Waals surface area contributed by atoms with Crippen LogP contribution in [0.15, 0.2) is 18.2 Å². The molecule has 19 heavy (non-hydrogen) atoms. The number of carbonyl (C=O) groups excluding carboxylic acids is 2. The molecule has 102 valence electrons. The molecule has 6 heteroatoms. The lowest BCUT2D eigenvalue weighted by molar-refractivity contribution is -0.128. The van der Waals surface area contributed by atoms with Gasteiger partial charge in [0.15, 0.2) is 0 Å². The average Bonchev–Trinajstić information content (AvgIpc) is 2.77. The Kier molecular flexibility index (Phi) is 4.13. The molecular formula is C13H17N3O3. The number of fused-ring (bicyclic) bond motifs is 1. The maximum atomic E-state index is 11.3. The van der Waals surface area contributed by atoms with Gasteiger partial charge in [-0.1, -0.05) is 12.1 Å². The van der Waals surface area contributed by atoms with Gasteiger partial charge in [-0.15, -0.1) is 0 Å². The zero-order valence-corrected chi connectivity index (χ0v) is 10.5. The Balaban J connectivity index is 1.86. The summed E-state index contributed by atoms with van der Waals surface area (Å²) >= 11 is 0. The van der Waals surface area contributed by atoms with Crippen molar-refractivity contribution >= 4 is 17.5 Å². The summed E-state index contributed by atoms with van der Waals surface area (Å²) in [4.78, 5) is 22.5. The normalized spacial score (nSPS) is 14.7. The molecule has 1 aliphatic heterocycles. The first-order valence-electron chi connectivity index (χ1n) is 6.17. The summed E-state index contributed by atoms with van der Waals surface area (Å²) in [5.74, 6) is -0.452. The van der Waals surface area contributed by atoms with Gasteiger partial charge in [-0.2, -0.15) is 0 Å². The van der Waals surface area contributed by atoms with Crippen molar-refractivity contribution in [1.29, 1.82) is 0 Å². The number of benzene rings is 1. The Labute approximate surface area is 111 Å². The minimum Gasteiger partial charge on any atom is -0.382 e. The van der Waals surface area contributed by atoms with Crippen LogP contribution in [0.25, 0.3) is 0 Å². The molecular weight excluding hydrogens is 246 g/mol. The van der Waals surface area contributed by atoms with E-state index in [1.165, 1.54) is 0 Å². The van der Waals surface area contributed by atoms with E-state index in [0.29, 0.717) is 19.4 Å². The lowest BCUT2D eigenvalue weighted by Crippen LogP contribution is -2.39. The first-order chi connectivity index (χ1) is 9.10. The summed E-state index contributed by atoms with van der Waals surface area (Å²) in [5, 5.41) is 14.6. The molecule has 5 N–H and O–H groups in total. The fourth-order valence-corrected chi connectivity index (χ4v) is 1.99. The predicted molar refractivity (Wildman–Crippen MR) is 70.6 cm³/mol. The van der Waals surface area contributed by atoms with E-state index in [0.717, 1.165) is 16.8 Å². The summed E-state index contributed by atoms with van der Waals surface area (Å²) < 4.78 is 0. The molecule has 0 bridgehead atoms. The predicted octanol–water partition coefficient (Wildman–Crippen LogP) is -0.840. The number of hydrogen-bond donors (Lipinski definition) is 4. The summed E-state index contributed by atoms with van der Waals surface area (Å²) in [6, 6.07) is 5.74.